The van der Waals surface area contributed by atoms with Crippen molar-refractivity contribution >= 4 is 28.3 Å². The second kappa shape index (κ2) is 4.55. The maximum Gasteiger partial charge on any atom is 0.201 e. The van der Waals surface area contributed by atoms with E-state index in [9.17, 15) is 4.39 Å². The molecule has 0 spiro atoms. The van der Waals surface area contributed by atoms with Crippen molar-refractivity contribution in [3.05, 3.63) is 40.3 Å². The molecule has 98 valence electrons. The highest BCUT2D eigenvalue weighted by atomic mass is 32.1. The third-order valence-corrected chi connectivity index (χ3v) is 3.70. The molecular formula is C13H12FN3OS. The zero-order valence-corrected chi connectivity index (χ0v) is 11.1. The normalized spacial score (nSPS) is 11.1. The summed E-state index contributed by atoms with van der Waals surface area (Å²) in [6.07, 6.45) is 0. The van der Waals surface area contributed by atoms with E-state index in [0.29, 0.717) is 18.0 Å². The number of methoxy groups -OCH3 is 1. The standard InChI is InChI=1S/C13H12FN3OS/c1-18-12-5-11-10(4-9(12)14)16-13(15)17(11)6-8-2-3-19-7-8/h2-5,7H,6H2,1H3,(H2,15,16). The van der Waals surface area contributed by atoms with Crippen molar-refractivity contribution in [2.75, 3.05) is 12.8 Å². The first-order valence-corrected chi connectivity index (χ1v) is 6.63. The Hall–Kier alpha value is -2.08. The number of thiophene rings is 1. The van der Waals surface area contributed by atoms with Gasteiger partial charge in [-0.2, -0.15) is 11.3 Å². The number of imidazole rings is 1. The summed E-state index contributed by atoms with van der Waals surface area (Å²) in [5, 5.41) is 4.05. The van der Waals surface area contributed by atoms with Gasteiger partial charge < -0.3 is 15.0 Å². The summed E-state index contributed by atoms with van der Waals surface area (Å²) < 4.78 is 20.5. The second-order valence-corrected chi connectivity index (χ2v) is 4.94. The van der Waals surface area contributed by atoms with E-state index >= 15 is 0 Å². The molecule has 4 nitrogen and oxygen atoms in total. The van der Waals surface area contributed by atoms with Crippen molar-refractivity contribution in [1.82, 2.24) is 9.55 Å². The van der Waals surface area contributed by atoms with Crippen molar-refractivity contribution in [3.63, 3.8) is 0 Å². The van der Waals surface area contributed by atoms with Gasteiger partial charge in [0.15, 0.2) is 11.6 Å². The smallest absolute Gasteiger partial charge is 0.201 e. The van der Waals surface area contributed by atoms with Gasteiger partial charge in [-0.1, -0.05) is 0 Å². The van der Waals surface area contributed by atoms with Crippen molar-refractivity contribution < 1.29 is 9.13 Å². The lowest BCUT2D eigenvalue weighted by Crippen LogP contribution is -2.03. The van der Waals surface area contributed by atoms with Gasteiger partial charge >= 0.3 is 0 Å². The topological polar surface area (TPSA) is 53.1 Å². The maximum atomic E-state index is 13.6. The summed E-state index contributed by atoms with van der Waals surface area (Å²) in [7, 11) is 1.44. The molecule has 19 heavy (non-hydrogen) atoms. The molecule has 0 radical (unpaired) electrons. The average molecular weight is 277 g/mol. The van der Waals surface area contributed by atoms with Crippen LogP contribution in [-0.2, 0) is 6.54 Å². The van der Waals surface area contributed by atoms with E-state index in [1.807, 2.05) is 21.4 Å². The molecule has 0 unspecified atom stereocenters. The van der Waals surface area contributed by atoms with Gasteiger partial charge in [-0.3, -0.25) is 0 Å². The highest BCUT2D eigenvalue weighted by Gasteiger charge is 2.13. The average Bonchev–Trinajstić information content (AvgIpc) is 2.98. The number of benzene rings is 1. The third-order valence-electron chi connectivity index (χ3n) is 2.97. The summed E-state index contributed by atoms with van der Waals surface area (Å²) in [5.74, 6) is 0.128. The monoisotopic (exact) mass is 277 g/mol. The number of hydrogen-bond acceptors (Lipinski definition) is 4. The number of hydrogen-bond donors (Lipinski definition) is 1. The summed E-state index contributed by atoms with van der Waals surface area (Å²) in [5.41, 5.74) is 8.34. The first kappa shape index (κ1) is 12.0. The van der Waals surface area contributed by atoms with Crippen LogP contribution in [0.25, 0.3) is 11.0 Å². The fourth-order valence-corrected chi connectivity index (χ4v) is 2.69. The summed E-state index contributed by atoms with van der Waals surface area (Å²) in [6.45, 7) is 0.612. The lowest BCUT2D eigenvalue weighted by molar-refractivity contribution is 0.387. The number of rotatable bonds is 3. The Labute approximate surface area is 113 Å². The lowest BCUT2D eigenvalue weighted by atomic mass is 10.2. The molecule has 0 aliphatic heterocycles. The molecule has 0 aliphatic rings. The molecule has 0 amide bonds. The summed E-state index contributed by atoms with van der Waals surface area (Å²) in [4.78, 5) is 4.18. The Morgan fingerprint density at radius 3 is 3.00 bits per heavy atom. The van der Waals surface area contributed by atoms with Gasteiger partial charge in [0.1, 0.15) is 0 Å². The molecule has 0 aliphatic carbocycles. The Bertz CT molecular complexity index is 721. The molecule has 0 saturated carbocycles. The predicted molar refractivity (Wildman–Crippen MR) is 74.1 cm³/mol. The van der Waals surface area contributed by atoms with Crippen molar-refractivity contribution in [1.29, 1.82) is 0 Å². The number of anilines is 1. The molecule has 0 saturated heterocycles. The molecule has 1 aromatic carbocycles. The van der Waals surface area contributed by atoms with Gasteiger partial charge in [-0.15, -0.1) is 0 Å². The molecule has 3 rings (SSSR count). The Morgan fingerprint density at radius 2 is 2.32 bits per heavy atom. The van der Waals surface area contributed by atoms with Crippen LogP contribution in [0.1, 0.15) is 5.56 Å². The lowest BCUT2D eigenvalue weighted by Gasteiger charge is -2.06. The van der Waals surface area contributed by atoms with Gasteiger partial charge in [-0.25, -0.2) is 9.37 Å². The number of nitrogen functional groups attached to an aromatic ring is 1. The van der Waals surface area contributed by atoms with E-state index in [4.69, 9.17) is 10.5 Å². The number of aromatic nitrogens is 2. The van der Waals surface area contributed by atoms with Crippen LogP contribution in [0.3, 0.4) is 0 Å². The van der Waals surface area contributed by atoms with Crippen LogP contribution in [0.5, 0.6) is 5.75 Å². The molecule has 2 N–H and O–H groups in total. The van der Waals surface area contributed by atoms with E-state index in [0.717, 1.165) is 11.1 Å². The van der Waals surface area contributed by atoms with Crippen LogP contribution < -0.4 is 10.5 Å². The minimum atomic E-state index is -0.435. The Kier molecular flexibility index (Phi) is 2.87. The van der Waals surface area contributed by atoms with Gasteiger partial charge in [0, 0.05) is 12.1 Å². The van der Waals surface area contributed by atoms with E-state index in [2.05, 4.69) is 4.98 Å². The van der Waals surface area contributed by atoms with E-state index in [1.54, 1.807) is 17.4 Å². The zero-order valence-electron chi connectivity index (χ0n) is 10.3. The maximum absolute atomic E-state index is 13.6. The minimum absolute atomic E-state index is 0.193. The Balaban J connectivity index is 2.15. The molecular weight excluding hydrogens is 265 g/mol. The highest BCUT2D eigenvalue weighted by molar-refractivity contribution is 7.07. The molecule has 6 heteroatoms. The van der Waals surface area contributed by atoms with Crippen LogP contribution >= 0.6 is 11.3 Å². The molecule has 3 aromatic rings. The molecule has 0 atom stereocenters. The first-order chi connectivity index (χ1) is 9.19. The number of halogens is 1. The van der Waals surface area contributed by atoms with Crippen LogP contribution in [0.4, 0.5) is 10.3 Å². The van der Waals surface area contributed by atoms with Crippen LogP contribution in [0.15, 0.2) is 29.0 Å². The number of nitrogens with zero attached hydrogens (tertiary/aromatic N) is 2. The zero-order chi connectivity index (χ0) is 13.4. The molecule has 0 bridgehead atoms. The van der Waals surface area contributed by atoms with E-state index in [-0.39, 0.29) is 5.75 Å². The second-order valence-electron chi connectivity index (χ2n) is 4.16. The quantitative estimate of drug-likeness (QED) is 0.801. The number of fused-ring (bicyclic) bond motifs is 1. The van der Waals surface area contributed by atoms with Crippen molar-refractivity contribution in [2.24, 2.45) is 0 Å². The largest absolute Gasteiger partial charge is 0.494 e. The van der Waals surface area contributed by atoms with Crippen LogP contribution in [-0.4, -0.2) is 16.7 Å². The predicted octanol–water partition coefficient (Wildman–Crippen LogP) is 2.88. The summed E-state index contributed by atoms with van der Waals surface area (Å²) >= 11 is 1.62. The molecule has 2 heterocycles. The van der Waals surface area contributed by atoms with Crippen molar-refractivity contribution in [2.45, 2.75) is 6.54 Å². The fraction of sp³-hybridized carbons (Fsp3) is 0.154. The molecule has 0 fully saturated rings. The van der Waals surface area contributed by atoms with E-state index in [1.165, 1.54) is 13.2 Å². The number of ether oxygens (including phenoxy) is 1. The third kappa shape index (κ3) is 2.04. The van der Waals surface area contributed by atoms with Gasteiger partial charge in [0.05, 0.1) is 24.7 Å². The highest BCUT2D eigenvalue weighted by Crippen LogP contribution is 2.27. The SMILES string of the molecule is COc1cc2c(cc1F)nc(N)n2Cc1ccsc1. The summed E-state index contributed by atoms with van der Waals surface area (Å²) in [6, 6.07) is 4.99. The first-order valence-electron chi connectivity index (χ1n) is 5.69. The number of nitrogens with two attached hydrogens (primary N) is 1. The van der Waals surface area contributed by atoms with E-state index < -0.39 is 5.82 Å². The van der Waals surface area contributed by atoms with Crippen molar-refractivity contribution in [3.8, 4) is 5.75 Å². The van der Waals surface area contributed by atoms with Gasteiger partial charge in [-0.05, 0) is 22.4 Å². The molecule has 2 aromatic heterocycles. The fourth-order valence-electron chi connectivity index (χ4n) is 2.03. The van der Waals surface area contributed by atoms with Gasteiger partial charge in [0.25, 0.3) is 0 Å². The van der Waals surface area contributed by atoms with Crippen LogP contribution in [0, 0.1) is 5.82 Å². The van der Waals surface area contributed by atoms with Crippen LogP contribution in [0.2, 0.25) is 0 Å². The van der Waals surface area contributed by atoms with Gasteiger partial charge in [0.2, 0.25) is 5.95 Å². The minimum Gasteiger partial charge on any atom is -0.494 e. The Morgan fingerprint density at radius 1 is 1.47 bits per heavy atom.